The maximum atomic E-state index is 12.1. The zero-order valence-electron chi connectivity index (χ0n) is 13.3. The third-order valence-corrected chi connectivity index (χ3v) is 4.45. The van der Waals surface area contributed by atoms with Gasteiger partial charge in [0.05, 0.1) is 12.3 Å². The number of carboxylic acid groups (broad SMARTS) is 1. The Balaban J connectivity index is 1.80. The lowest BCUT2D eigenvalue weighted by Gasteiger charge is -2.26. The average molecular weight is 303 g/mol. The van der Waals surface area contributed by atoms with Crippen molar-refractivity contribution in [2.45, 2.75) is 57.9 Å². The quantitative estimate of drug-likeness (QED) is 0.878. The summed E-state index contributed by atoms with van der Waals surface area (Å²) in [6.45, 7) is 4.30. The lowest BCUT2D eigenvalue weighted by molar-refractivity contribution is -0.142. The van der Waals surface area contributed by atoms with Crippen molar-refractivity contribution in [2.75, 3.05) is 0 Å². The molecule has 1 aromatic rings. The largest absolute Gasteiger partial charge is 0.481 e. The molecule has 0 spiro atoms. The van der Waals surface area contributed by atoms with Crippen LogP contribution in [0.2, 0.25) is 0 Å². The fourth-order valence-corrected chi connectivity index (χ4v) is 2.97. The first-order valence-corrected chi connectivity index (χ1v) is 8.06. The van der Waals surface area contributed by atoms with Crippen LogP contribution in [0.3, 0.4) is 0 Å². The molecule has 0 radical (unpaired) electrons. The van der Waals surface area contributed by atoms with Crippen LogP contribution in [0.15, 0.2) is 24.3 Å². The van der Waals surface area contributed by atoms with E-state index in [9.17, 15) is 9.59 Å². The molecule has 0 saturated heterocycles. The van der Waals surface area contributed by atoms with E-state index in [4.69, 9.17) is 5.11 Å². The van der Waals surface area contributed by atoms with Gasteiger partial charge in [-0.3, -0.25) is 9.59 Å². The van der Waals surface area contributed by atoms with E-state index in [1.54, 1.807) is 0 Å². The summed E-state index contributed by atoms with van der Waals surface area (Å²) in [5.74, 6) is -0.435. The van der Waals surface area contributed by atoms with Gasteiger partial charge in [0, 0.05) is 6.04 Å². The third kappa shape index (κ3) is 4.58. The van der Waals surface area contributed by atoms with Gasteiger partial charge in [-0.2, -0.15) is 0 Å². The molecule has 0 heterocycles. The van der Waals surface area contributed by atoms with E-state index >= 15 is 0 Å². The van der Waals surface area contributed by atoms with Gasteiger partial charge in [-0.1, -0.05) is 38.1 Å². The van der Waals surface area contributed by atoms with Crippen LogP contribution >= 0.6 is 0 Å². The van der Waals surface area contributed by atoms with Gasteiger partial charge in [0.2, 0.25) is 5.91 Å². The Bertz CT molecular complexity index is 514. The Kier molecular flexibility index (Phi) is 5.58. The molecule has 2 N–H and O–H groups in total. The van der Waals surface area contributed by atoms with Crippen LogP contribution in [0.5, 0.6) is 0 Å². The number of hydrogen-bond acceptors (Lipinski definition) is 2. The van der Waals surface area contributed by atoms with Gasteiger partial charge in [-0.05, 0) is 42.7 Å². The normalized spacial score (nSPS) is 21.6. The number of carboxylic acids is 1. The Labute approximate surface area is 131 Å². The molecule has 4 nitrogen and oxygen atoms in total. The minimum atomic E-state index is -0.713. The molecule has 1 aliphatic rings. The molecular weight excluding hydrogens is 278 g/mol. The summed E-state index contributed by atoms with van der Waals surface area (Å²) in [6.07, 6.45) is 3.22. The highest BCUT2D eigenvalue weighted by atomic mass is 16.4. The second kappa shape index (κ2) is 7.43. The van der Waals surface area contributed by atoms with Crippen LogP contribution in [0.1, 0.15) is 56.6 Å². The Morgan fingerprint density at radius 3 is 2.23 bits per heavy atom. The zero-order chi connectivity index (χ0) is 16.1. The summed E-state index contributed by atoms with van der Waals surface area (Å²) in [5.41, 5.74) is 2.29. The Hall–Kier alpha value is -1.84. The van der Waals surface area contributed by atoms with E-state index in [-0.39, 0.29) is 17.9 Å². The Morgan fingerprint density at radius 1 is 1.14 bits per heavy atom. The number of rotatable bonds is 5. The highest BCUT2D eigenvalue weighted by Crippen LogP contribution is 2.24. The van der Waals surface area contributed by atoms with Crippen molar-refractivity contribution in [3.63, 3.8) is 0 Å². The SMILES string of the molecule is CC(C)c1ccc(CC(=O)NC2CCC(C(=O)O)CC2)cc1. The smallest absolute Gasteiger partial charge is 0.306 e. The molecule has 1 saturated carbocycles. The first-order valence-electron chi connectivity index (χ1n) is 8.06. The van der Waals surface area contributed by atoms with E-state index in [0.29, 0.717) is 25.2 Å². The van der Waals surface area contributed by atoms with Crippen LogP contribution in [-0.2, 0) is 16.0 Å². The van der Waals surface area contributed by atoms with Crippen LogP contribution < -0.4 is 5.32 Å². The number of hydrogen-bond donors (Lipinski definition) is 2. The molecule has 1 aliphatic carbocycles. The standard InChI is InChI=1S/C18H25NO3/c1-12(2)14-5-3-13(4-6-14)11-17(20)19-16-9-7-15(8-10-16)18(21)22/h3-6,12,15-16H,7-11H2,1-2H3,(H,19,20)(H,21,22). The monoisotopic (exact) mass is 303 g/mol. The molecule has 0 bridgehead atoms. The third-order valence-electron chi connectivity index (χ3n) is 4.45. The second-order valence-corrected chi connectivity index (χ2v) is 6.53. The summed E-state index contributed by atoms with van der Waals surface area (Å²) in [7, 11) is 0. The minimum Gasteiger partial charge on any atom is -0.481 e. The molecule has 1 aromatic carbocycles. The summed E-state index contributed by atoms with van der Waals surface area (Å²) >= 11 is 0. The highest BCUT2D eigenvalue weighted by Gasteiger charge is 2.26. The second-order valence-electron chi connectivity index (χ2n) is 6.53. The molecule has 0 unspecified atom stereocenters. The van der Waals surface area contributed by atoms with Crippen molar-refractivity contribution < 1.29 is 14.7 Å². The molecule has 1 amide bonds. The first kappa shape index (κ1) is 16.5. The van der Waals surface area contributed by atoms with Crippen molar-refractivity contribution in [2.24, 2.45) is 5.92 Å². The van der Waals surface area contributed by atoms with Gasteiger partial charge in [-0.25, -0.2) is 0 Å². The maximum absolute atomic E-state index is 12.1. The summed E-state index contributed by atoms with van der Waals surface area (Å²) in [5, 5.41) is 12.0. The molecular formula is C18H25NO3. The predicted molar refractivity (Wildman–Crippen MR) is 85.8 cm³/mol. The number of amides is 1. The summed E-state index contributed by atoms with van der Waals surface area (Å²) in [6, 6.07) is 8.29. The lowest BCUT2D eigenvalue weighted by Crippen LogP contribution is -2.39. The molecule has 1 fully saturated rings. The van der Waals surface area contributed by atoms with Gasteiger partial charge < -0.3 is 10.4 Å². The minimum absolute atomic E-state index is 0.0241. The Morgan fingerprint density at radius 2 is 1.73 bits per heavy atom. The molecule has 120 valence electrons. The number of aliphatic carboxylic acids is 1. The van der Waals surface area contributed by atoms with Crippen molar-refractivity contribution >= 4 is 11.9 Å². The molecule has 4 heteroatoms. The van der Waals surface area contributed by atoms with Gasteiger partial charge in [-0.15, -0.1) is 0 Å². The van der Waals surface area contributed by atoms with Crippen molar-refractivity contribution in [3.05, 3.63) is 35.4 Å². The summed E-state index contributed by atoms with van der Waals surface area (Å²) < 4.78 is 0. The fourth-order valence-electron chi connectivity index (χ4n) is 2.97. The number of benzene rings is 1. The molecule has 22 heavy (non-hydrogen) atoms. The van der Waals surface area contributed by atoms with E-state index in [2.05, 4.69) is 31.3 Å². The van der Waals surface area contributed by atoms with Gasteiger partial charge in [0.15, 0.2) is 0 Å². The average Bonchev–Trinajstić information content (AvgIpc) is 2.48. The van der Waals surface area contributed by atoms with Crippen LogP contribution in [0.4, 0.5) is 0 Å². The summed E-state index contributed by atoms with van der Waals surface area (Å²) in [4.78, 5) is 23.0. The van der Waals surface area contributed by atoms with Crippen LogP contribution in [0.25, 0.3) is 0 Å². The van der Waals surface area contributed by atoms with E-state index < -0.39 is 5.97 Å². The molecule has 0 aromatic heterocycles. The highest BCUT2D eigenvalue weighted by molar-refractivity contribution is 5.79. The van der Waals surface area contributed by atoms with Crippen molar-refractivity contribution in [3.8, 4) is 0 Å². The number of carbonyl (C=O) groups excluding carboxylic acids is 1. The number of carbonyl (C=O) groups is 2. The number of nitrogens with one attached hydrogen (secondary N) is 1. The molecule has 0 aliphatic heterocycles. The molecule has 0 atom stereocenters. The topological polar surface area (TPSA) is 66.4 Å². The van der Waals surface area contributed by atoms with E-state index in [0.717, 1.165) is 18.4 Å². The van der Waals surface area contributed by atoms with Gasteiger partial charge >= 0.3 is 5.97 Å². The lowest BCUT2D eigenvalue weighted by atomic mass is 9.86. The van der Waals surface area contributed by atoms with E-state index in [1.807, 2.05) is 12.1 Å². The van der Waals surface area contributed by atoms with Crippen molar-refractivity contribution in [1.82, 2.24) is 5.32 Å². The van der Waals surface area contributed by atoms with Gasteiger partial charge in [0.1, 0.15) is 0 Å². The van der Waals surface area contributed by atoms with E-state index in [1.165, 1.54) is 5.56 Å². The van der Waals surface area contributed by atoms with Crippen molar-refractivity contribution in [1.29, 1.82) is 0 Å². The van der Waals surface area contributed by atoms with Crippen LogP contribution in [0, 0.1) is 5.92 Å². The first-order chi connectivity index (χ1) is 10.5. The van der Waals surface area contributed by atoms with Gasteiger partial charge in [0.25, 0.3) is 0 Å². The zero-order valence-corrected chi connectivity index (χ0v) is 13.3. The van der Waals surface area contributed by atoms with Crippen LogP contribution in [-0.4, -0.2) is 23.0 Å². The fraction of sp³-hybridized carbons (Fsp3) is 0.556. The molecule has 2 rings (SSSR count). The predicted octanol–water partition coefficient (Wildman–Crippen LogP) is 3.11. The maximum Gasteiger partial charge on any atom is 0.306 e.